The first kappa shape index (κ1) is 13.0. The molecule has 96 valence electrons. The molecule has 2 aromatic rings. The van der Waals surface area contributed by atoms with Gasteiger partial charge in [-0.15, -0.1) is 0 Å². The van der Waals surface area contributed by atoms with Crippen LogP contribution in [-0.4, -0.2) is 10.8 Å². The van der Waals surface area contributed by atoms with Crippen molar-refractivity contribution < 1.29 is 9.53 Å². The molecule has 0 amide bonds. The molecule has 0 radical (unpaired) electrons. The number of allylic oxidation sites excluding steroid dienone is 1. The SMILES string of the molecule is CC(=O)/C=C/c1ccc(Oc2cccc(C)n2)cc1. The minimum Gasteiger partial charge on any atom is -0.439 e. The zero-order valence-electron chi connectivity index (χ0n) is 11.0. The van der Waals surface area contributed by atoms with Gasteiger partial charge in [-0.3, -0.25) is 4.79 Å². The van der Waals surface area contributed by atoms with Crippen LogP contribution in [0.4, 0.5) is 0 Å². The second kappa shape index (κ2) is 5.96. The van der Waals surface area contributed by atoms with Crippen LogP contribution in [0.25, 0.3) is 6.08 Å². The van der Waals surface area contributed by atoms with Gasteiger partial charge >= 0.3 is 0 Å². The lowest BCUT2D eigenvalue weighted by molar-refractivity contribution is -0.112. The summed E-state index contributed by atoms with van der Waals surface area (Å²) in [5.74, 6) is 1.33. The molecule has 1 aromatic carbocycles. The van der Waals surface area contributed by atoms with Gasteiger partial charge in [0.2, 0.25) is 5.88 Å². The highest BCUT2D eigenvalue weighted by Gasteiger charge is 1.98. The quantitative estimate of drug-likeness (QED) is 0.778. The smallest absolute Gasteiger partial charge is 0.219 e. The first-order valence-corrected chi connectivity index (χ1v) is 6.04. The fraction of sp³-hybridized carbons (Fsp3) is 0.125. The molecule has 19 heavy (non-hydrogen) atoms. The summed E-state index contributed by atoms with van der Waals surface area (Å²) in [6, 6.07) is 13.1. The Morgan fingerprint density at radius 1 is 1.16 bits per heavy atom. The van der Waals surface area contributed by atoms with E-state index in [4.69, 9.17) is 4.74 Å². The van der Waals surface area contributed by atoms with E-state index < -0.39 is 0 Å². The van der Waals surface area contributed by atoms with Crippen molar-refractivity contribution in [2.45, 2.75) is 13.8 Å². The van der Waals surface area contributed by atoms with E-state index in [0.29, 0.717) is 5.88 Å². The number of carbonyl (C=O) groups excluding carboxylic acids is 1. The summed E-state index contributed by atoms with van der Waals surface area (Å²) in [5, 5.41) is 0. The van der Waals surface area contributed by atoms with Gasteiger partial charge in [0.05, 0.1) is 0 Å². The number of nitrogens with zero attached hydrogens (tertiary/aromatic N) is 1. The Kier molecular flexibility index (Phi) is 4.08. The molecule has 0 unspecified atom stereocenters. The molecule has 0 fully saturated rings. The summed E-state index contributed by atoms with van der Waals surface area (Å²) < 4.78 is 5.64. The number of benzene rings is 1. The van der Waals surface area contributed by atoms with E-state index in [-0.39, 0.29) is 5.78 Å². The fourth-order valence-electron chi connectivity index (χ4n) is 1.56. The maximum absolute atomic E-state index is 10.8. The van der Waals surface area contributed by atoms with Crippen molar-refractivity contribution >= 4 is 11.9 Å². The molecule has 3 nitrogen and oxygen atoms in total. The monoisotopic (exact) mass is 253 g/mol. The van der Waals surface area contributed by atoms with Crippen LogP contribution in [0.5, 0.6) is 11.6 Å². The minimum atomic E-state index is 0.0317. The van der Waals surface area contributed by atoms with Gasteiger partial charge in [-0.1, -0.05) is 24.3 Å². The maximum atomic E-state index is 10.8. The van der Waals surface area contributed by atoms with Crippen molar-refractivity contribution in [2.24, 2.45) is 0 Å². The standard InChI is InChI=1S/C16H15NO2/c1-12-4-3-5-16(17-12)19-15-10-8-14(9-11-15)7-6-13(2)18/h3-11H,1-2H3/b7-6+. The summed E-state index contributed by atoms with van der Waals surface area (Å²) in [5.41, 5.74) is 1.87. The van der Waals surface area contributed by atoms with Gasteiger partial charge in [-0.2, -0.15) is 0 Å². The Bertz CT molecular complexity index is 600. The van der Waals surface area contributed by atoms with Crippen LogP contribution in [0, 0.1) is 6.92 Å². The van der Waals surface area contributed by atoms with Gasteiger partial charge in [-0.25, -0.2) is 4.98 Å². The average Bonchev–Trinajstić information content (AvgIpc) is 2.38. The van der Waals surface area contributed by atoms with Crippen LogP contribution >= 0.6 is 0 Å². The van der Waals surface area contributed by atoms with E-state index in [0.717, 1.165) is 17.0 Å². The third-order valence-corrected chi connectivity index (χ3v) is 2.48. The Hall–Kier alpha value is -2.42. The largest absolute Gasteiger partial charge is 0.439 e. The molecule has 0 aliphatic rings. The fourth-order valence-corrected chi connectivity index (χ4v) is 1.56. The Balaban J connectivity index is 2.08. The number of aromatic nitrogens is 1. The molecule has 0 atom stereocenters. The summed E-state index contributed by atoms with van der Waals surface area (Å²) in [7, 11) is 0. The molecule has 0 bridgehead atoms. The van der Waals surface area contributed by atoms with Crippen molar-refractivity contribution in [3.05, 3.63) is 59.8 Å². The van der Waals surface area contributed by atoms with Crippen LogP contribution in [0.2, 0.25) is 0 Å². The van der Waals surface area contributed by atoms with Gasteiger partial charge in [0, 0.05) is 11.8 Å². The molecule has 1 aromatic heterocycles. The zero-order valence-corrected chi connectivity index (χ0v) is 11.0. The van der Waals surface area contributed by atoms with E-state index in [9.17, 15) is 4.79 Å². The third-order valence-electron chi connectivity index (χ3n) is 2.48. The van der Waals surface area contributed by atoms with E-state index in [1.807, 2.05) is 49.4 Å². The molecule has 0 saturated carbocycles. The number of pyridine rings is 1. The van der Waals surface area contributed by atoms with Gasteiger partial charge in [0.25, 0.3) is 0 Å². The van der Waals surface area contributed by atoms with Crippen molar-refractivity contribution in [2.75, 3.05) is 0 Å². The van der Waals surface area contributed by atoms with E-state index in [1.165, 1.54) is 13.0 Å². The van der Waals surface area contributed by atoms with E-state index >= 15 is 0 Å². The van der Waals surface area contributed by atoms with Crippen molar-refractivity contribution in [3.63, 3.8) is 0 Å². The maximum Gasteiger partial charge on any atom is 0.219 e. The van der Waals surface area contributed by atoms with Gasteiger partial charge in [0.1, 0.15) is 5.75 Å². The van der Waals surface area contributed by atoms with Crippen molar-refractivity contribution in [1.29, 1.82) is 0 Å². The lowest BCUT2D eigenvalue weighted by Crippen LogP contribution is -1.89. The topological polar surface area (TPSA) is 39.2 Å². The summed E-state index contributed by atoms with van der Waals surface area (Å²) in [6.07, 6.45) is 3.31. The number of aryl methyl sites for hydroxylation is 1. The normalized spacial score (nSPS) is 10.6. The second-order valence-corrected chi connectivity index (χ2v) is 4.23. The average molecular weight is 253 g/mol. The van der Waals surface area contributed by atoms with E-state index in [1.54, 1.807) is 6.08 Å². The molecule has 0 N–H and O–H groups in total. The van der Waals surface area contributed by atoms with Gasteiger partial charge in [-0.05, 0) is 43.7 Å². The number of hydrogen-bond donors (Lipinski definition) is 0. The van der Waals surface area contributed by atoms with Gasteiger partial charge in [0.15, 0.2) is 5.78 Å². The first-order valence-electron chi connectivity index (χ1n) is 6.04. The van der Waals surface area contributed by atoms with Crippen LogP contribution in [0.1, 0.15) is 18.2 Å². The lowest BCUT2D eigenvalue weighted by Gasteiger charge is -2.05. The summed E-state index contributed by atoms with van der Waals surface area (Å²) in [4.78, 5) is 15.1. The molecular formula is C16H15NO2. The van der Waals surface area contributed by atoms with Crippen LogP contribution in [-0.2, 0) is 4.79 Å². The second-order valence-electron chi connectivity index (χ2n) is 4.23. The van der Waals surface area contributed by atoms with Gasteiger partial charge < -0.3 is 4.74 Å². The molecule has 0 aliphatic carbocycles. The summed E-state index contributed by atoms with van der Waals surface area (Å²) >= 11 is 0. The highest BCUT2D eigenvalue weighted by Crippen LogP contribution is 2.20. The van der Waals surface area contributed by atoms with Crippen LogP contribution in [0.3, 0.4) is 0 Å². The molecule has 1 heterocycles. The predicted octanol–water partition coefficient (Wildman–Crippen LogP) is 3.78. The highest BCUT2D eigenvalue weighted by molar-refractivity contribution is 5.91. The zero-order chi connectivity index (χ0) is 13.7. The molecule has 0 saturated heterocycles. The minimum absolute atomic E-state index is 0.0317. The number of hydrogen-bond acceptors (Lipinski definition) is 3. The number of carbonyl (C=O) groups is 1. The van der Waals surface area contributed by atoms with Crippen molar-refractivity contribution in [1.82, 2.24) is 4.98 Å². The molecule has 3 heteroatoms. The number of ether oxygens (including phenoxy) is 1. The third kappa shape index (κ3) is 4.07. The predicted molar refractivity (Wildman–Crippen MR) is 75.2 cm³/mol. The van der Waals surface area contributed by atoms with Crippen LogP contribution in [0.15, 0.2) is 48.5 Å². The highest BCUT2D eigenvalue weighted by atomic mass is 16.5. The first-order chi connectivity index (χ1) is 9.13. The Morgan fingerprint density at radius 3 is 2.53 bits per heavy atom. The lowest BCUT2D eigenvalue weighted by atomic mass is 10.2. The molecule has 2 rings (SSSR count). The van der Waals surface area contributed by atoms with Crippen LogP contribution < -0.4 is 4.74 Å². The Labute approximate surface area is 112 Å². The van der Waals surface area contributed by atoms with E-state index in [2.05, 4.69) is 4.98 Å². The molecular weight excluding hydrogens is 238 g/mol. The summed E-state index contributed by atoms with van der Waals surface area (Å²) in [6.45, 7) is 3.44. The molecule has 0 aliphatic heterocycles. The Morgan fingerprint density at radius 2 is 1.89 bits per heavy atom. The molecule has 0 spiro atoms. The van der Waals surface area contributed by atoms with Crippen molar-refractivity contribution in [3.8, 4) is 11.6 Å². The number of rotatable bonds is 4. The number of ketones is 1.